The van der Waals surface area contributed by atoms with Crippen molar-refractivity contribution in [3.05, 3.63) is 29.8 Å². The predicted octanol–water partition coefficient (Wildman–Crippen LogP) is 3.38. The monoisotopic (exact) mass is 390 g/mol. The van der Waals surface area contributed by atoms with Crippen LogP contribution >= 0.6 is 0 Å². The van der Waals surface area contributed by atoms with Crippen molar-refractivity contribution in [1.82, 2.24) is 10.6 Å². The molecule has 0 aliphatic heterocycles. The second kappa shape index (κ2) is 12.4. The summed E-state index contributed by atoms with van der Waals surface area (Å²) >= 11 is 0. The fourth-order valence-electron chi connectivity index (χ4n) is 4.04. The number of phenols is 1. The second-order valence-electron chi connectivity index (χ2n) is 7.88. The summed E-state index contributed by atoms with van der Waals surface area (Å²) in [5.74, 6) is -0.968. The third-order valence-corrected chi connectivity index (χ3v) is 5.63. The molecule has 2 aliphatic rings. The Bertz CT molecular complexity index is 563. The molecular formula is C22H34N2O4. The fraction of sp³-hybridized carbons (Fsp3) is 0.636. The summed E-state index contributed by atoms with van der Waals surface area (Å²) in [5, 5.41) is 23.8. The van der Waals surface area contributed by atoms with Gasteiger partial charge in [0.15, 0.2) is 0 Å². The quantitative estimate of drug-likeness (QED) is 0.535. The van der Waals surface area contributed by atoms with Gasteiger partial charge in [-0.3, -0.25) is 4.79 Å². The molecule has 0 saturated heterocycles. The number of aromatic hydroxyl groups is 1. The van der Waals surface area contributed by atoms with Gasteiger partial charge in [0.05, 0.1) is 0 Å². The first kappa shape index (κ1) is 22.2. The molecule has 6 nitrogen and oxygen atoms in total. The highest BCUT2D eigenvalue weighted by atomic mass is 16.4. The predicted molar refractivity (Wildman–Crippen MR) is 109 cm³/mol. The number of hydrogen-bond donors (Lipinski definition) is 4. The molecule has 0 radical (unpaired) electrons. The van der Waals surface area contributed by atoms with Crippen molar-refractivity contribution in [3.8, 4) is 5.75 Å². The van der Waals surface area contributed by atoms with E-state index in [-0.39, 0.29) is 12.2 Å². The van der Waals surface area contributed by atoms with Crippen LogP contribution in [0, 0.1) is 0 Å². The molecule has 1 aromatic rings. The number of carboxylic acids is 1. The average molecular weight is 391 g/mol. The molecule has 0 heterocycles. The highest BCUT2D eigenvalue weighted by Crippen LogP contribution is 2.22. The molecule has 2 saturated carbocycles. The van der Waals surface area contributed by atoms with Gasteiger partial charge in [0.25, 0.3) is 0 Å². The lowest BCUT2D eigenvalue weighted by Gasteiger charge is -2.30. The molecule has 6 heteroatoms. The van der Waals surface area contributed by atoms with Crippen LogP contribution in [0.3, 0.4) is 0 Å². The molecule has 1 amide bonds. The van der Waals surface area contributed by atoms with Crippen LogP contribution < -0.4 is 10.6 Å². The van der Waals surface area contributed by atoms with Crippen LogP contribution in [0.15, 0.2) is 24.3 Å². The summed E-state index contributed by atoms with van der Waals surface area (Å²) in [5.41, 5.74) is 0.731. The lowest BCUT2D eigenvalue weighted by atomic mass is 9.91. The van der Waals surface area contributed by atoms with Gasteiger partial charge in [-0.2, -0.15) is 0 Å². The van der Waals surface area contributed by atoms with Crippen molar-refractivity contribution in [1.29, 1.82) is 0 Å². The van der Waals surface area contributed by atoms with Crippen molar-refractivity contribution in [2.75, 3.05) is 0 Å². The largest absolute Gasteiger partial charge is 0.508 e. The van der Waals surface area contributed by atoms with Crippen LogP contribution in [-0.2, 0) is 16.0 Å². The van der Waals surface area contributed by atoms with Crippen LogP contribution in [0.5, 0.6) is 5.75 Å². The van der Waals surface area contributed by atoms with E-state index in [2.05, 4.69) is 10.6 Å². The Morgan fingerprint density at radius 1 is 0.964 bits per heavy atom. The molecule has 0 spiro atoms. The molecule has 0 bridgehead atoms. The van der Waals surface area contributed by atoms with Crippen LogP contribution in [0.2, 0.25) is 0 Å². The van der Waals surface area contributed by atoms with E-state index in [9.17, 15) is 9.59 Å². The Balaban J connectivity index is 0.000000202. The standard InChI is InChI=1S/C12H23N.C10H11NO4/c1-3-7-11(8-4-1)13-12-9-5-2-6-10-12;12-6-11-9(10(14)15)5-7-1-3-8(13)4-2-7/h11-13H,1-10H2;1-4,6,9,13H,5H2,(H,11,12)(H,14,15)/t;9-/m.0/s1. The lowest BCUT2D eigenvalue weighted by Crippen LogP contribution is -2.40. The Labute approximate surface area is 167 Å². The summed E-state index contributed by atoms with van der Waals surface area (Å²) in [7, 11) is 0. The first-order valence-electron chi connectivity index (χ1n) is 10.5. The molecule has 156 valence electrons. The van der Waals surface area contributed by atoms with Gasteiger partial charge in [-0.1, -0.05) is 50.7 Å². The molecule has 3 rings (SSSR count). The third kappa shape index (κ3) is 8.30. The molecule has 28 heavy (non-hydrogen) atoms. The van der Waals surface area contributed by atoms with Gasteiger partial charge in [0.1, 0.15) is 11.8 Å². The Hall–Kier alpha value is -2.08. The van der Waals surface area contributed by atoms with Gasteiger partial charge in [-0.25, -0.2) is 4.79 Å². The fourth-order valence-corrected chi connectivity index (χ4v) is 4.04. The van der Waals surface area contributed by atoms with Crippen LogP contribution in [0.1, 0.15) is 69.8 Å². The molecule has 4 N–H and O–H groups in total. The van der Waals surface area contributed by atoms with Gasteiger partial charge in [0, 0.05) is 18.5 Å². The molecular weight excluding hydrogens is 356 g/mol. The van der Waals surface area contributed by atoms with Gasteiger partial charge >= 0.3 is 5.97 Å². The van der Waals surface area contributed by atoms with Crippen molar-refractivity contribution >= 4 is 12.4 Å². The second-order valence-corrected chi connectivity index (χ2v) is 7.88. The van der Waals surface area contributed by atoms with Crippen LogP contribution in [0.4, 0.5) is 0 Å². The van der Waals surface area contributed by atoms with E-state index >= 15 is 0 Å². The van der Waals surface area contributed by atoms with E-state index in [1.807, 2.05) is 0 Å². The topological polar surface area (TPSA) is 98.7 Å². The molecule has 1 atom stereocenters. The minimum atomic E-state index is -1.09. The summed E-state index contributed by atoms with van der Waals surface area (Å²) in [6.07, 6.45) is 15.1. The number of phenolic OH excluding ortho intramolecular Hbond substituents is 1. The summed E-state index contributed by atoms with van der Waals surface area (Å²) in [6, 6.07) is 6.96. The van der Waals surface area contributed by atoms with Crippen molar-refractivity contribution in [2.45, 2.75) is 88.8 Å². The maximum Gasteiger partial charge on any atom is 0.326 e. The van der Waals surface area contributed by atoms with Crippen LogP contribution in [0.25, 0.3) is 0 Å². The molecule has 2 fully saturated rings. The first-order valence-corrected chi connectivity index (χ1v) is 10.5. The van der Waals surface area contributed by atoms with Gasteiger partial charge in [0.2, 0.25) is 6.41 Å². The number of carbonyl (C=O) groups excluding carboxylic acids is 1. The Kier molecular flexibility index (Phi) is 9.83. The number of benzene rings is 1. The first-order chi connectivity index (χ1) is 13.6. The molecule has 0 unspecified atom stereocenters. The van der Waals surface area contributed by atoms with E-state index in [1.165, 1.54) is 76.3 Å². The maximum absolute atomic E-state index is 10.7. The number of carboxylic acid groups (broad SMARTS) is 1. The minimum Gasteiger partial charge on any atom is -0.508 e. The van der Waals surface area contributed by atoms with E-state index in [4.69, 9.17) is 10.2 Å². The van der Waals surface area contributed by atoms with Crippen molar-refractivity contribution in [3.63, 3.8) is 0 Å². The molecule has 0 aromatic heterocycles. The highest BCUT2D eigenvalue weighted by Gasteiger charge is 2.19. The number of carbonyl (C=O) groups is 2. The normalized spacial score (nSPS) is 19.1. The van der Waals surface area contributed by atoms with E-state index in [0.29, 0.717) is 6.41 Å². The Morgan fingerprint density at radius 2 is 1.46 bits per heavy atom. The van der Waals surface area contributed by atoms with E-state index < -0.39 is 12.0 Å². The number of hydrogen-bond acceptors (Lipinski definition) is 4. The zero-order chi connectivity index (χ0) is 20.2. The van der Waals surface area contributed by atoms with Crippen LogP contribution in [-0.4, -0.2) is 40.7 Å². The maximum atomic E-state index is 10.7. The van der Waals surface area contributed by atoms with Gasteiger partial charge in [-0.05, 0) is 43.4 Å². The van der Waals surface area contributed by atoms with E-state index in [1.54, 1.807) is 12.1 Å². The summed E-state index contributed by atoms with van der Waals surface area (Å²) < 4.78 is 0. The number of nitrogens with one attached hydrogen (secondary N) is 2. The van der Waals surface area contributed by atoms with Gasteiger partial charge in [-0.15, -0.1) is 0 Å². The zero-order valence-electron chi connectivity index (χ0n) is 16.6. The molecule has 1 aromatic carbocycles. The Morgan fingerprint density at radius 3 is 1.89 bits per heavy atom. The number of rotatable bonds is 7. The average Bonchev–Trinajstić information content (AvgIpc) is 2.71. The lowest BCUT2D eigenvalue weighted by molar-refractivity contribution is -0.140. The van der Waals surface area contributed by atoms with Gasteiger partial charge < -0.3 is 20.8 Å². The summed E-state index contributed by atoms with van der Waals surface area (Å²) in [6.45, 7) is 0. The summed E-state index contributed by atoms with van der Waals surface area (Å²) in [4.78, 5) is 20.8. The highest BCUT2D eigenvalue weighted by molar-refractivity contribution is 5.76. The minimum absolute atomic E-state index is 0.119. The number of amides is 1. The van der Waals surface area contributed by atoms with Crippen molar-refractivity contribution < 1.29 is 19.8 Å². The third-order valence-electron chi connectivity index (χ3n) is 5.63. The van der Waals surface area contributed by atoms with E-state index in [0.717, 1.165) is 17.6 Å². The zero-order valence-corrected chi connectivity index (χ0v) is 16.6. The van der Waals surface area contributed by atoms with Crippen molar-refractivity contribution in [2.24, 2.45) is 0 Å². The smallest absolute Gasteiger partial charge is 0.326 e. The molecule has 2 aliphatic carbocycles. The number of aliphatic carboxylic acids is 1. The SMILES string of the molecule is C1CCC(NC2CCCCC2)CC1.O=CN[C@@H](Cc1ccc(O)cc1)C(=O)O.